The van der Waals surface area contributed by atoms with Crippen LogP contribution in [0, 0.1) is 0 Å². The Hall–Kier alpha value is -0.180. The van der Waals surface area contributed by atoms with Gasteiger partial charge in [0.2, 0.25) is 0 Å². The lowest BCUT2D eigenvalue weighted by Gasteiger charge is -2.16. The molecule has 0 aliphatic heterocycles. The highest BCUT2D eigenvalue weighted by Crippen LogP contribution is 2.24. The van der Waals surface area contributed by atoms with Crippen molar-refractivity contribution in [1.29, 1.82) is 0 Å². The van der Waals surface area contributed by atoms with Crippen LogP contribution in [-0.2, 0) is 4.79 Å². The first-order valence-corrected chi connectivity index (χ1v) is 5.41. The SMILES string of the molecule is CCC(C)SC(CC)CC(=O)O. The smallest absolute Gasteiger partial charge is 0.304 e. The Labute approximate surface area is 78.7 Å². The van der Waals surface area contributed by atoms with Crippen LogP contribution in [0.4, 0.5) is 0 Å². The van der Waals surface area contributed by atoms with Gasteiger partial charge >= 0.3 is 5.97 Å². The summed E-state index contributed by atoms with van der Waals surface area (Å²) in [6.07, 6.45) is 2.35. The molecule has 12 heavy (non-hydrogen) atoms. The highest BCUT2D eigenvalue weighted by Gasteiger charge is 2.13. The van der Waals surface area contributed by atoms with Gasteiger partial charge in [0.1, 0.15) is 0 Å². The average Bonchev–Trinajstić information content (AvgIpc) is 2.02. The predicted molar refractivity (Wildman–Crippen MR) is 53.7 cm³/mol. The largest absolute Gasteiger partial charge is 0.481 e. The fraction of sp³-hybridized carbons (Fsp3) is 0.889. The van der Waals surface area contributed by atoms with Gasteiger partial charge in [0.05, 0.1) is 6.42 Å². The maximum absolute atomic E-state index is 10.4. The number of carbonyl (C=O) groups is 1. The second-order valence-corrected chi connectivity index (χ2v) is 4.73. The van der Waals surface area contributed by atoms with E-state index >= 15 is 0 Å². The van der Waals surface area contributed by atoms with Gasteiger partial charge in [0.15, 0.2) is 0 Å². The Bertz CT molecular complexity index is 136. The number of carboxylic acids is 1. The van der Waals surface area contributed by atoms with E-state index in [0.717, 1.165) is 12.8 Å². The van der Waals surface area contributed by atoms with E-state index in [4.69, 9.17) is 5.11 Å². The summed E-state index contributed by atoms with van der Waals surface area (Å²) in [6.45, 7) is 6.32. The van der Waals surface area contributed by atoms with E-state index < -0.39 is 5.97 Å². The van der Waals surface area contributed by atoms with E-state index in [1.54, 1.807) is 11.8 Å². The molecule has 0 aromatic rings. The fourth-order valence-corrected chi connectivity index (χ4v) is 2.19. The van der Waals surface area contributed by atoms with Crippen LogP contribution < -0.4 is 0 Å². The molecule has 0 heterocycles. The zero-order valence-electron chi connectivity index (χ0n) is 8.04. The lowest BCUT2D eigenvalue weighted by molar-refractivity contribution is -0.136. The Kier molecular flexibility index (Phi) is 6.25. The summed E-state index contributed by atoms with van der Waals surface area (Å²) in [5.41, 5.74) is 0. The number of hydrogen-bond donors (Lipinski definition) is 1. The van der Waals surface area contributed by atoms with Crippen LogP contribution >= 0.6 is 11.8 Å². The Morgan fingerprint density at radius 1 is 1.42 bits per heavy atom. The van der Waals surface area contributed by atoms with Gasteiger partial charge in [-0.1, -0.05) is 20.8 Å². The van der Waals surface area contributed by atoms with Crippen molar-refractivity contribution in [1.82, 2.24) is 0 Å². The predicted octanol–water partition coefficient (Wildman–Crippen LogP) is 2.77. The van der Waals surface area contributed by atoms with Crippen molar-refractivity contribution in [3.63, 3.8) is 0 Å². The van der Waals surface area contributed by atoms with E-state index in [0.29, 0.717) is 11.7 Å². The Morgan fingerprint density at radius 3 is 2.33 bits per heavy atom. The van der Waals surface area contributed by atoms with E-state index in [2.05, 4.69) is 13.8 Å². The summed E-state index contributed by atoms with van der Waals surface area (Å²) in [5.74, 6) is -0.683. The maximum Gasteiger partial charge on any atom is 0.304 e. The van der Waals surface area contributed by atoms with Crippen molar-refractivity contribution < 1.29 is 9.90 Å². The zero-order valence-corrected chi connectivity index (χ0v) is 8.86. The van der Waals surface area contributed by atoms with Gasteiger partial charge in [-0.25, -0.2) is 0 Å². The highest BCUT2D eigenvalue weighted by atomic mass is 32.2. The first kappa shape index (κ1) is 11.8. The number of carboxylic acid groups (broad SMARTS) is 1. The minimum absolute atomic E-state index is 0.289. The molecule has 0 aromatic carbocycles. The molecule has 2 nitrogen and oxygen atoms in total. The molecule has 1 N–H and O–H groups in total. The molecule has 0 saturated carbocycles. The molecule has 0 spiro atoms. The van der Waals surface area contributed by atoms with Crippen LogP contribution in [0.1, 0.15) is 40.0 Å². The molecule has 0 amide bonds. The molecule has 2 atom stereocenters. The van der Waals surface area contributed by atoms with Gasteiger partial charge in [-0.05, 0) is 12.8 Å². The van der Waals surface area contributed by atoms with Gasteiger partial charge in [0.25, 0.3) is 0 Å². The summed E-state index contributed by atoms with van der Waals surface area (Å²) in [7, 11) is 0. The standard InChI is InChI=1S/C9H18O2S/c1-4-7(3)12-8(5-2)6-9(10)11/h7-8H,4-6H2,1-3H3,(H,10,11). The molecule has 0 fully saturated rings. The van der Waals surface area contributed by atoms with E-state index in [1.165, 1.54) is 0 Å². The Morgan fingerprint density at radius 2 is 2.00 bits per heavy atom. The van der Waals surface area contributed by atoms with E-state index in [9.17, 15) is 4.79 Å². The molecule has 0 saturated heterocycles. The van der Waals surface area contributed by atoms with E-state index in [-0.39, 0.29) is 5.25 Å². The molecule has 0 rings (SSSR count). The van der Waals surface area contributed by atoms with Gasteiger partial charge in [-0.3, -0.25) is 4.79 Å². The van der Waals surface area contributed by atoms with Crippen LogP contribution in [0.15, 0.2) is 0 Å². The van der Waals surface area contributed by atoms with Crippen molar-refractivity contribution in [3.8, 4) is 0 Å². The summed E-state index contributed by atoms with van der Waals surface area (Å²) in [6, 6.07) is 0. The average molecular weight is 190 g/mol. The van der Waals surface area contributed by atoms with Crippen LogP contribution in [0.25, 0.3) is 0 Å². The number of aliphatic carboxylic acids is 1. The van der Waals surface area contributed by atoms with Crippen LogP contribution in [0.5, 0.6) is 0 Å². The third-order valence-electron chi connectivity index (χ3n) is 1.86. The molecule has 3 heteroatoms. The van der Waals surface area contributed by atoms with Gasteiger partial charge < -0.3 is 5.11 Å². The molecule has 0 aromatic heterocycles. The first-order chi connectivity index (χ1) is 5.60. The first-order valence-electron chi connectivity index (χ1n) is 4.47. The highest BCUT2D eigenvalue weighted by molar-refractivity contribution is 8.00. The minimum atomic E-state index is -0.683. The summed E-state index contributed by atoms with van der Waals surface area (Å²) in [5, 5.41) is 9.45. The van der Waals surface area contributed by atoms with Crippen LogP contribution in [-0.4, -0.2) is 21.6 Å². The molecule has 0 bridgehead atoms. The molecule has 0 aliphatic rings. The molecule has 2 unspecified atom stereocenters. The van der Waals surface area contributed by atoms with Gasteiger partial charge in [0, 0.05) is 10.5 Å². The lowest BCUT2D eigenvalue weighted by atomic mass is 10.2. The van der Waals surface area contributed by atoms with Crippen molar-refractivity contribution in [3.05, 3.63) is 0 Å². The fourth-order valence-electron chi connectivity index (χ4n) is 0.908. The van der Waals surface area contributed by atoms with Crippen molar-refractivity contribution in [2.45, 2.75) is 50.5 Å². The minimum Gasteiger partial charge on any atom is -0.481 e. The quantitative estimate of drug-likeness (QED) is 0.699. The number of rotatable bonds is 6. The summed E-state index contributed by atoms with van der Waals surface area (Å²) >= 11 is 1.79. The van der Waals surface area contributed by atoms with Crippen molar-refractivity contribution in [2.24, 2.45) is 0 Å². The molecule has 0 aliphatic carbocycles. The van der Waals surface area contributed by atoms with Crippen LogP contribution in [0.2, 0.25) is 0 Å². The van der Waals surface area contributed by atoms with E-state index in [1.807, 2.05) is 6.92 Å². The van der Waals surface area contributed by atoms with Crippen LogP contribution in [0.3, 0.4) is 0 Å². The number of hydrogen-bond acceptors (Lipinski definition) is 2. The second kappa shape index (κ2) is 6.35. The van der Waals surface area contributed by atoms with Crippen molar-refractivity contribution in [2.75, 3.05) is 0 Å². The normalized spacial score (nSPS) is 15.6. The third kappa shape index (κ3) is 5.47. The topological polar surface area (TPSA) is 37.3 Å². The molecule has 72 valence electrons. The molecular formula is C9H18O2S. The zero-order chi connectivity index (χ0) is 9.56. The lowest BCUT2D eigenvalue weighted by Crippen LogP contribution is -2.12. The van der Waals surface area contributed by atoms with Gasteiger partial charge in [-0.2, -0.15) is 11.8 Å². The maximum atomic E-state index is 10.4. The summed E-state index contributed by atoms with van der Waals surface area (Å²) in [4.78, 5) is 10.4. The monoisotopic (exact) mass is 190 g/mol. The molecular weight excluding hydrogens is 172 g/mol. The van der Waals surface area contributed by atoms with Gasteiger partial charge in [-0.15, -0.1) is 0 Å². The third-order valence-corrected chi connectivity index (χ3v) is 3.54. The number of thioether (sulfide) groups is 1. The summed E-state index contributed by atoms with van der Waals surface area (Å²) < 4.78 is 0. The van der Waals surface area contributed by atoms with Crippen molar-refractivity contribution >= 4 is 17.7 Å². The second-order valence-electron chi connectivity index (χ2n) is 2.98. The Balaban J connectivity index is 3.74. The molecule has 0 radical (unpaired) electrons.